The van der Waals surface area contributed by atoms with Crippen LogP contribution in [0.25, 0.3) is 0 Å². The Labute approximate surface area is 155 Å². The number of hydrogen-bond acceptors (Lipinski definition) is 3. The van der Waals surface area contributed by atoms with Gasteiger partial charge in [-0.25, -0.2) is 9.59 Å². The Bertz CT molecular complexity index is 661. The first-order chi connectivity index (χ1) is 11.9. The minimum absolute atomic E-state index is 0.0360. The summed E-state index contributed by atoms with van der Waals surface area (Å²) >= 11 is 0. The average molecular weight is 362 g/mol. The van der Waals surface area contributed by atoms with Gasteiger partial charge in [-0.05, 0) is 34.9 Å². The fourth-order valence-electron chi connectivity index (χ4n) is 4.16. The number of phenolic OH excluding ortho intramolecular Hbond substituents is 1. The maximum Gasteiger partial charge on any atom is 0.327 e. The first-order valence-electron chi connectivity index (χ1n) is 8.97. The van der Waals surface area contributed by atoms with Gasteiger partial charge in [-0.15, -0.1) is 0 Å². The van der Waals surface area contributed by atoms with Gasteiger partial charge in [0.1, 0.15) is 11.8 Å². The number of nitrogens with zero attached hydrogens (tertiary/aromatic N) is 2. The molecule has 6 heteroatoms. The Hall–Kier alpha value is -2.24. The molecule has 0 unspecified atom stereocenters. The molecule has 1 saturated heterocycles. The summed E-state index contributed by atoms with van der Waals surface area (Å²) in [5.41, 5.74) is 0.318. The van der Waals surface area contributed by atoms with Gasteiger partial charge in [0.2, 0.25) is 0 Å². The molecule has 2 N–H and O–H groups in total. The van der Waals surface area contributed by atoms with Crippen molar-refractivity contribution >= 4 is 12.0 Å². The zero-order valence-electron chi connectivity index (χ0n) is 16.3. The highest BCUT2D eigenvalue weighted by Gasteiger charge is 2.46. The van der Waals surface area contributed by atoms with Crippen LogP contribution < -0.4 is 0 Å². The standard InChI is InChI=1S/C20H30N2O4/c1-19(2,3)13-20(4,5)16(17(24)25)22-11-10-21(18(22)26)12-14-6-8-15(23)9-7-14/h6-9,16,23H,10-13H2,1-5H3,(H,24,25)/t16-/m1/s1. The van der Waals surface area contributed by atoms with Gasteiger partial charge in [-0.2, -0.15) is 0 Å². The van der Waals surface area contributed by atoms with Crippen LogP contribution in [0.5, 0.6) is 5.75 Å². The summed E-state index contributed by atoms with van der Waals surface area (Å²) in [6.45, 7) is 11.4. The minimum atomic E-state index is -0.959. The van der Waals surface area contributed by atoms with E-state index in [-0.39, 0.29) is 17.2 Å². The molecule has 0 bridgehead atoms. The fourth-order valence-corrected chi connectivity index (χ4v) is 4.16. The summed E-state index contributed by atoms with van der Waals surface area (Å²) in [6, 6.07) is 5.60. The largest absolute Gasteiger partial charge is 0.508 e. The molecule has 0 aliphatic carbocycles. The van der Waals surface area contributed by atoms with Gasteiger partial charge in [0.05, 0.1) is 0 Å². The molecular weight excluding hydrogens is 332 g/mol. The van der Waals surface area contributed by atoms with Crippen LogP contribution in [-0.4, -0.2) is 51.1 Å². The molecule has 1 aromatic carbocycles. The molecule has 0 saturated carbocycles. The Kier molecular flexibility index (Phi) is 5.54. The lowest BCUT2D eigenvalue weighted by Gasteiger charge is -2.40. The molecule has 26 heavy (non-hydrogen) atoms. The maximum atomic E-state index is 12.9. The van der Waals surface area contributed by atoms with Crippen molar-refractivity contribution in [3.05, 3.63) is 29.8 Å². The number of benzene rings is 1. The van der Waals surface area contributed by atoms with Gasteiger partial charge in [0.25, 0.3) is 0 Å². The number of rotatable bonds is 6. The third-order valence-electron chi connectivity index (χ3n) is 4.71. The highest BCUT2D eigenvalue weighted by Crippen LogP contribution is 2.39. The van der Waals surface area contributed by atoms with Crippen molar-refractivity contribution in [2.75, 3.05) is 13.1 Å². The van der Waals surface area contributed by atoms with Crippen molar-refractivity contribution in [3.63, 3.8) is 0 Å². The van der Waals surface area contributed by atoms with E-state index in [2.05, 4.69) is 20.8 Å². The normalized spacial score (nSPS) is 16.9. The lowest BCUT2D eigenvalue weighted by Crippen LogP contribution is -2.52. The van der Waals surface area contributed by atoms with Crippen LogP contribution >= 0.6 is 0 Å². The molecule has 144 valence electrons. The Morgan fingerprint density at radius 1 is 1.12 bits per heavy atom. The van der Waals surface area contributed by atoms with E-state index >= 15 is 0 Å². The molecule has 6 nitrogen and oxygen atoms in total. The summed E-state index contributed by atoms with van der Waals surface area (Å²) in [5.74, 6) is -0.780. The van der Waals surface area contributed by atoms with Crippen LogP contribution in [0.15, 0.2) is 24.3 Å². The SMILES string of the molecule is CC(C)(C)CC(C)(C)[C@@H](C(=O)O)N1CCN(Cc2ccc(O)cc2)C1=O. The Balaban J connectivity index is 2.17. The van der Waals surface area contributed by atoms with E-state index in [0.29, 0.717) is 26.1 Å². The van der Waals surface area contributed by atoms with Crippen LogP contribution in [-0.2, 0) is 11.3 Å². The minimum Gasteiger partial charge on any atom is -0.508 e. The highest BCUT2D eigenvalue weighted by molar-refractivity contribution is 5.84. The summed E-state index contributed by atoms with van der Waals surface area (Å²) in [5, 5.41) is 19.2. The monoisotopic (exact) mass is 362 g/mol. The first-order valence-corrected chi connectivity index (χ1v) is 8.97. The number of carbonyl (C=O) groups excluding carboxylic acids is 1. The molecule has 1 fully saturated rings. The van der Waals surface area contributed by atoms with Gasteiger partial charge in [0.15, 0.2) is 0 Å². The number of amides is 2. The van der Waals surface area contributed by atoms with Gasteiger partial charge in [-0.3, -0.25) is 0 Å². The van der Waals surface area contributed by atoms with Crippen LogP contribution in [0.1, 0.15) is 46.6 Å². The topological polar surface area (TPSA) is 81.1 Å². The fraction of sp³-hybridized carbons (Fsp3) is 0.600. The van der Waals surface area contributed by atoms with E-state index in [1.165, 1.54) is 4.90 Å². The number of urea groups is 1. The number of carbonyl (C=O) groups is 2. The van der Waals surface area contributed by atoms with Crippen molar-refractivity contribution in [1.82, 2.24) is 9.80 Å². The molecule has 2 rings (SSSR count). The molecule has 1 atom stereocenters. The molecule has 0 spiro atoms. The zero-order chi connectivity index (χ0) is 19.7. The summed E-state index contributed by atoms with van der Waals surface area (Å²) in [4.78, 5) is 28.1. The average Bonchev–Trinajstić information content (AvgIpc) is 2.80. The second kappa shape index (κ2) is 7.17. The maximum absolute atomic E-state index is 12.9. The first kappa shape index (κ1) is 20.1. The number of phenols is 1. The van der Waals surface area contributed by atoms with E-state index in [1.807, 2.05) is 13.8 Å². The number of aliphatic carboxylic acids is 1. The third kappa shape index (κ3) is 4.68. The smallest absolute Gasteiger partial charge is 0.327 e. The predicted octanol–water partition coefficient (Wildman–Crippen LogP) is 3.55. The van der Waals surface area contributed by atoms with Crippen molar-refractivity contribution in [3.8, 4) is 5.75 Å². The number of carboxylic acid groups (broad SMARTS) is 1. The Morgan fingerprint density at radius 2 is 1.69 bits per heavy atom. The Morgan fingerprint density at radius 3 is 2.19 bits per heavy atom. The zero-order valence-corrected chi connectivity index (χ0v) is 16.3. The van der Waals surface area contributed by atoms with Gasteiger partial charge in [-0.1, -0.05) is 46.8 Å². The molecule has 0 radical (unpaired) electrons. The van der Waals surface area contributed by atoms with Gasteiger partial charge >= 0.3 is 12.0 Å². The van der Waals surface area contributed by atoms with E-state index in [1.54, 1.807) is 29.2 Å². The van der Waals surface area contributed by atoms with Crippen molar-refractivity contribution < 1.29 is 19.8 Å². The quantitative estimate of drug-likeness (QED) is 0.811. The number of hydrogen-bond donors (Lipinski definition) is 2. The predicted molar refractivity (Wildman–Crippen MR) is 99.9 cm³/mol. The third-order valence-corrected chi connectivity index (χ3v) is 4.71. The lowest BCUT2D eigenvalue weighted by molar-refractivity contribution is -0.147. The number of carboxylic acids is 1. The van der Waals surface area contributed by atoms with E-state index in [9.17, 15) is 19.8 Å². The molecule has 1 aromatic rings. The molecule has 1 heterocycles. The summed E-state index contributed by atoms with van der Waals surface area (Å²) < 4.78 is 0. The number of aromatic hydroxyl groups is 1. The van der Waals surface area contributed by atoms with Crippen molar-refractivity contribution in [1.29, 1.82) is 0 Å². The summed E-state index contributed by atoms with van der Waals surface area (Å²) in [6.07, 6.45) is 0.693. The molecular formula is C20H30N2O4. The summed E-state index contributed by atoms with van der Waals surface area (Å²) in [7, 11) is 0. The molecule has 1 aliphatic rings. The molecule has 1 aliphatic heterocycles. The van der Waals surface area contributed by atoms with E-state index in [4.69, 9.17) is 0 Å². The lowest BCUT2D eigenvalue weighted by atomic mass is 9.71. The van der Waals surface area contributed by atoms with Crippen LogP contribution in [0.2, 0.25) is 0 Å². The van der Waals surface area contributed by atoms with Crippen LogP contribution in [0, 0.1) is 10.8 Å². The van der Waals surface area contributed by atoms with Crippen LogP contribution in [0.3, 0.4) is 0 Å². The van der Waals surface area contributed by atoms with Crippen molar-refractivity contribution in [2.24, 2.45) is 10.8 Å². The van der Waals surface area contributed by atoms with Gasteiger partial charge < -0.3 is 20.0 Å². The second-order valence-electron chi connectivity index (χ2n) is 9.03. The van der Waals surface area contributed by atoms with Crippen molar-refractivity contribution in [2.45, 2.75) is 53.6 Å². The highest BCUT2D eigenvalue weighted by atomic mass is 16.4. The van der Waals surface area contributed by atoms with Gasteiger partial charge in [0, 0.05) is 19.6 Å². The molecule has 2 amide bonds. The van der Waals surface area contributed by atoms with E-state index < -0.39 is 17.4 Å². The van der Waals surface area contributed by atoms with E-state index in [0.717, 1.165) is 5.56 Å². The van der Waals surface area contributed by atoms with Crippen LogP contribution in [0.4, 0.5) is 4.79 Å². The second-order valence-corrected chi connectivity index (χ2v) is 9.03. The molecule has 0 aromatic heterocycles.